The van der Waals surface area contributed by atoms with Crippen molar-refractivity contribution in [2.75, 3.05) is 13.1 Å². The van der Waals surface area contributed by atoms with E-state index >= 15 is 0 Å². The van der Waals surface area contributed by atoms with Crippen molar-refractivity contribution >= 4 is 12.1 Å². The fourth-order valence-electron chi connectivity index (χ4n) is 3.32. The Labute approximate surface area is 159 Å². The normalized spacial score (nSPS) is 17.7. The van der Waals surface area contributed by atoms with Crippen LogP contribution in [0.2, 0.25) is 0 Å². The minimum absolute atomic E-state index is 0.139. The van der Waals surface area contributed by atoms with Gasteiger partial charge < -0.3 is 14.4 Å². The number of rotatable bonds is 8. The van der Waals surface area contributed by atoms with Gasteiger partial charge in [0.25, 0.3) is 0 Å². The van der Waals surface area contributed by atoms with E-state index < -0.39 is 11.0 Å². The Balaban J connectivity index is 2.71. The van der Waals surface area contributed by atoms with Crippen molar-refractivity contribution < 1.29 is 19.1 Å². The van der Waals surface area contributed by atoms with Crippen LogP contribution >= 0.6 is 0 Å². The van der Waals surface area contributed by atoms with Crippen molar-refractivity contribution in [2.24, 2.45) is 5.41 Å². The molecule has 0 bridgehead atoms. The van der Waals surface area contributed by atoms with E-state index in [1.165, 1.54) is 0 Å². The zero-order valence-corrected chi connectivity index (χ0v) is 17.9. The van der Waals surface area contributed by atoms with Crippen LogP contribution < -0.4 is 0 Å². The van der Waals surface area contributed by atoms with Crippen LogP contribution in [0, 0.1) is 5.41 Å². The third-order valence-corrected chi connectivity index (χ3v) is 6.56. The number of ether oxygens (including phenoxy) is 2. The van der Waals surface area contributed by atoms with Gasteiger partial charge in [0.2, 0.25) is 0 Å². The van der Waals surface area contributed by atoms with Gasteiger partial charge in [0, 0.05) is 25.9 Å². The number of carbonyl (C=O) groups is 2. The van der Waals surface area contributed by atoms with Crippen LogP contribution in [0.25, 0.3) is 0 Å². The fraction of sp³-hybridized carbons (Fsp3) is 0.905. The van der Waals surface area contributed by atoms with Gasteiger partial charge in [-0.25, -0.2) is 4.79 Å². The second-order valence-corrected chi connectivity index (χ2v) is 8.26. The molecule has 1 amide bonds. The van der Waals surface area contributed by atoms with Gasteiger partial charge in [0.1, 0.15) is 11.2 Å². The SMILES string of the molecule is CCC(CC)(CC)OC(=O)N1CCC(CC)(OC(=O)C(C)(C)CC)CC1. The molecule has 0 aromatic heterocycles. The number of amides is 1. The maximum Gasteiger partial charge on any atom is 0.410 e. The molecule has 26 heavy (non-hydrogen) atoms. The van der Waals surface area contributed by atoms with Gasteiger partial charge >= 0.3 is 12.1 Å². The summed E-state index contributed by atoms with van der Waals surface area (Å²) in [6.07, 6.45) is 5.08. The van der Waals surface area contributed by atoms with Crippen LogP contribution in [-0.2, 0) is 14.3 Å². The topological polar surface area (TPSA) is 55.8 Å². The second-order valence-electron chi connectivity index (χ2n) is 8.26. The van der Waals surface area contributed by atoms with E-state index in [2.05, 4.69) is 27.7 Å². The summed E-state index contributed by atoms with van der Waals surface area (Å²) in [7, 11) is 0. The van der Waals surface area contributed by atoms with Gasteiger partial charge in [-0.05, 0) is 46.0 Å². The highest BCUT2D eigenvalue weighted by molar-refractivity contribution is 5.76. The number of hydrogen-bond acceptors (Lipinski definition) is 4. The first kappa shape index (κ1) is 22.8. The molecule has 0 unspecified atom stereocenters. The summed E-state index contributed by atoms with van der Waals surface area (Å²) >= 11 is 0. The summed E-state index contributed by atoms with van der Waals surface area (Å²) in [6, 6.07) is 0. The fourth-order valence-corrected chi connectivity index (χ4v) is 3.32. The highest BCUT2D eigenvalue weighted by Gasteiger charge is 2.42. The van der Waals surface area contributed by atoms with Crippen LogP contribution in [0.15, 0.2) is 0 Å². The molecule has 0 atom stereocenters. The standard InChI is InChI=1S/C21H39NO4/c1-8-19(6,7)17(23)25-21(12-5)13-15-22(16-14-21)18(24)26-20(9-2,10-3)11-4/h8-16H2,1-7H3. The Morgan fingerprint density at radius 3 is 1.81 bits per heavy atom. The Bertz CT molecular complexity index is 466. The van der Waals surface area contributed by atoms with Crippen molar-refractivity contribution in [1.29, 1.82) is 0 Å². The van der Waals surface area contributed by atoms with E-state index in [-0.39, 0.29) is 17.7 Å². The third-order valence-electron chi connectivity index (χ3n) is 6.56. The molecular formula is C21H39NO4. The van der Waals surface area contributed by atoms with Gasteiger partial charge in [-0.2, -0.15) is 0 Å². The third kappa shape index (κ3) is 5.14. The molecule has 152 valence electrons. The van der Waals surface area contributed by atoms with E-state index in [9.17, 15) is 9.59 Å². The molecule has 1 heterocycles. The second kappa shape index (κ2) is 9.09. The highest BCUT2D eigenvalue weighted by atomic mass is 16.6. The average molecular weight is 370 g/mol. The van der Waals surface area contributed by atoms with Crippen molar-refractivity contribution in [3.8, 4) is 0 Å². The van der Waals surface area contributed by atoms with Gasteiger partial charge in [-0.15, -0.1) is 0 Å². The summed E-state index contributed by atoms with van der Waals surface area (Å²) in [5.41, 5.74) is -1.30. The summed E-state index contributed by atoms with van der Waals surface area (Å²) in [4.78, 5) is 26.9. The number of carbonyl (C=O) groups excluding carboxylic acids is 2. The summed E-state index contributed by atoms with van der Waals surface area (Å²) in [5, 5.41) is 0. The first-order valence-electron chi connectivity index (χ1n) is 10.3. The molecule has 0 aliphatic carbocycles. The van der Waals surface area contributed by atoms with E-state index in [0.29, 0.717) is 25.9 Å². The number of piperidine rings is 1. The zero-order valence-electron chi connectivity index (χ0n) is 17.9. The van der Waals surface area contributed by atoms with Crippen LogP contribution in [0.4, 0.5) is 4.79 Å². The lowest BCUT2D eigenvalue weighted by Gasteiger charge is -2.42. The van der Waals surface area contributed by atoms with Crippen LogP contribution in [0.5, 0.6) is 0 Å². The van der Waals surface area contributed by atoms with E-state index in [1.54, 1.807) is 4.90 Å². The van der Waals surface area contributed by atoms with E-state index in [0.717, 1.165) is 32.1 Å². The molecule has 0 spiro atoms. The molecule has 0 saturated carbocycles. The average Bonchev–Trinajstić information content (AvgIpc) is 2.66. The Kier molecular flexibility index (Phi) is 7.97. The smallest absolute Gasteiger partial charge is 0.410 e. The Hall–Kier alpha value is -1.26. The van der Waals surface area contributed by atoms with Gasteiger partial charge in [-0.3, -0.25) is 4.79 Å². The molecule has 0 N–H and O–H groups in total. The quantitative estimate of drug-likeness (QED) is 0.544. The molecule has 0 aromatic rings. The number of likely N-dealkylation sites (tertiary alicyclic amines) is 1. The van der Waals surface area contributed by atoms with Crippen molar-refractivity contribution in [3.05, 3.63) is 0 Å². The van der Waals surface area contributed by atoms with Gasteiger partial charge in [0.05, 0.1) is 5.41 Å². The molecule has 1 rings (SSSR count). The molecule has 1 fully saturated rings. The molecule has 1 aliphatic rings. The molecule has 5 nitrogen and oxygen atoms in total. The lowest BCUT2D eigenvalue weighted by atomic mass is 9.86. The predicted octanol–water partition coefficient (Wildman–Crippen LogP) is 5.32. The lowest BCUT2D eigenvalue weighted by molar-refractivity contribution is -0.176. The van der Waals surface area contributed by atoms with Gasteiger partial charge in [-0.1, -0.05) is 34.6 Å². The molecule has 1 saturated heterocycles. The minimum Gasteiger partial charge on any atom is -0.459 e. The molecule has 1 aliphatic heterocycles. The number of esters is 1. The van der Waals surface area contributed by atoms with Gasteiger partial charge in [0.15, 0.2) is 0 Å². The van der Waals surface area contributed by atoms with Crippen LogP contribution in [0.1, 0.15) is 93.4 Å². The minimum atomic E-state index is -0.471. The summed E-state index contributed by atoms with van der Waals surface area (Å²) < 4.78 is 11.8. The van der Waals surface area contributed by atoms with Crippen molar-refractivity contribution in [2.45, 2.75) is 105 Å². The van der Waals surface area contributed by atoms with Crippen molar-refractivity contribution in [1.82, 2.24) is 4.90 Å². The zero-order chi connectivity index (χ0) is 20.0. The maximum absolute atomic E-state index is 12.6. The molecule has 5 heteroatoms. The molecule has 0 radical (unpaired) electrons. The summed E-state index contributed by atoms with van der Waals surface area (Å²) in [5.74, 6) is -0.139. The first-order valence-corrected chi connectivity index (χ1v) is 10.3. The Morgan fingerprint density at radius 1 is 0.923 bits per heavy atom. The van der Waals surface area contributed by atoms with Crippen LogP contribution in [-0.4, -0.2) is 41.3 Å². The highest BCUT2D eigenvalue weighted by Crippen LogP contribution is 2.34. The largest absolute Gasteiger partial charge is 0.459 e. The van der Waals surface area contributed by atoms with Crippen molar-refractivity contribution in [3.63, 3.8) is 0 Å². The number of nitrogens with zero attached hydrogens (tertiary/aromatic N) is 1. The maximum atomic E-state index is 12.6. The van der Waals surface area contributed by atoms with E-state index in [4.69, 9.17) is 9.47 Å². The lowest BCUT2D eigenvalue weighted by Crippen LogP contribution is -2.51. The molecule has 0 aromatic carbocycles. The number of hydrogen-bond donors (Lipinski definition) is 0. The summed E-state index contributed by atoms with van der Waals surface area (Å²) in [6.45, 7) is 15.2. The van der Waals surface area contributed by atoms with Crippen LogP contribution in [0.3, 0.4) is 0 Å². The van der Waals surface area contributed by atoms with E-state index in [1.807, 2.05) is 20.8 Å². The molecular weight excluding hydrogens is 330 g/mol. The Morgan fingerprint density at radius 2 is 1.42 bits per heavy atom. The predicted molar refractivity (Wildman–Crippen MR) is 104 cm³/mol. The first-order chi connectivity index (χ1) is 12.1. The monoisotopic (exact) mass is 369 g/mol.